The number of amides is 2. The zero-order valence-corrected chi connectivity index (χ0v) is 25.5. The lowest BCUT2D eigenvalue weighted by molar-refractivity contribution is -0.140. The second kappa shape index (κ2) is 14.0. The molecule has 0 saturated heterocycles. The first-order valence-electron chi connectivity index (χ1n) is 13.2. The Hall–Kier alpha value is -3.07. The van der Waals surface area contributed by atoms with Gasteiger partial charge in [-0.15, -0.1) is 0 Å². The molecule has 0 aliphatic rings. The molecule has 1 atom stereocenters. The van der Waals surface area contributed by atoms with E-state index in [1.165, 1.54) is 17.0 Å². The Bertz CT molecular complexity index is 1450. The van der Waals surface area contributed by atoms with Crippen LogP contribution in [-0.2, 0) is 26.2 Å². The summed E-state index contributed by atoms with van der Waals surface area (Å²) in [4.78, 5) is 28.7. The highest BCUT2D eigenvalue weighted by atomic mass is 35.5. The van der Waals surface area contributed by atoms with E-state index in [0.717, 1.165) is 16.3 Å². The fourth-order valence-electron chi connectivity index (χ4n) is 4.31. The van der Waals surface area contributed by atoms with Gasteiger partial charge < -0.3 is 10.2 Å². The van der Waals surface area contributed by atoms with Crippen LogP contribution < -0.4 is 9.62 Å². The molecule has 0 aliphatic carbocycles. The number of halogens is 2. The summed E-state index contributed by atoms with van der Waals surface area (Å²) in [5, 5.41) is 3.65. The second-order valence-electron chi connectivity index (χ2n) is 9.58. The first kappa shape index (κ1) is 31.5. The van der Waals surface area contributed by atoms with E-state index < -0.39 is 28.5 Å². The van der Waals surface area contributed by atoms with E-state index in [1.54, 1.807) is 61.5 Å². The number of benzene rings is 3. The fraction of sp³-hybridized carbons (Fsp3) is 0.333. The van der Waals surface area contributed by atoms with Gasteiger partial charge in [0.1, 0.15) is 12.6 Å². The molecule has 0 fully saturated rings. The molecule has 0 saturated carbocycles. The predicted octanol–water partition coefficient (Wildman–Crippen LogP) is 6.14. The number of nitrogens with one attached hydrogen (secondary N) is 1. The van der Waals surface area contributed by atoms with Crippen molar-refractivity contribution in [3.8, 4) is 0 Å². The molecule has 10 heteroatoms. The van der Waals surface area contributed by atoms with E-state index in [-0.39, 0.29) is 17.3 Å². The number of para-hydroxylation sites is 1. The summed E-state index contributed by atoms with van der Waals surface area (Å²) in [6, 6.07) is 17.5. The van der Waals surface area contributed by atoms with Crippen LogP contribution in [0.1, 0.15) is 43.4 Å². The minimum atomic E-state index is -4.13. The first-order chi connectivity index (χ1) is 19.0. The standard InChI is InChI=1S/C30H35Cl2N3O4S/c1-5-17-33-30(37)27(6-2)34(19-23-13-14-24(31)18-26(23)32)29(36)20-35(28-10-8-7-9-22(28)4)40(38,39)25-15-11-21(3)12-16-25/h7-16,18,27H,5-6,17,19-20H2,1-4H3,(H,33,37)/t27-/m1/s1. The number of rotatable bonds is 12. The van der Waals surface area contributed by atoms with Gasteiger partial charge in [-0.25, -0.2) is 8.42 Å². The molecule has 3 rings (SSSR count). The third-order valence-electron chi connectivity index (χ3n) is 6.56. The van der Waals surface area contributed by atoms with Crippen LogP contribution in [0.25, 0.3) is 0 Å². The zero-order valence-electron chi connectivity index (χ0n) is 23.2. The van der Waals surface area contributed by atoms with Crippen molar-refractivity contribution in [2.45, 2.75) is 58.0 Å². The number of carbonyl (C=O) groups is 2. The number of sulfonamides is 1. The Morgan fingerprint density at radius 2 is 1.62 bits per heavy atom. The van der Waals surface area contributed by atoms with Crippen LogP contribution in [0.3, 0.4) is 0 Å². The van der Waals surface area contributed by atoms with Crippen molar-refractivity contribution in [1.82, 2.24) is 10.2 Å². The third kappa shape index (κ3) is 7.56. The largest absolute Gasteiger partial charge is 0.354 e. The molecule has 2 amide bonds. The highest BCUT2D eigenvalue weighted by molar-refractivity contribution is 7.92. The maximum Gasteiger partial charge on any atom is 0.264 e. The zero-order chi connectivity index (χ0) is 29.4. The van der Waals surface area contributed by atoms with Crippen LogP contribution in [0.15, 0.2) is 71.6 Å². The molecule has 0 spiro atoms. The lowest BCUT2D eigenvalue weighted by Gasteiger charge is -2.33. The van der Waals surface area contributed by atoms with E-state index in [1.807, 2.05) is 20.8 Å². The predicted molar refractivity (Wildman–Crippen MR) is 161 cm³/mol. The van der Waals surface area contributed by atoms with Crippen molar-refractivity contribution in [2.24, 2.45) is 0 Å². The molecule has 40 heavy (non-hydrogen) atoms. The highest BCUT2D eigenvalue weighted by Gasteiger charge is 2.34. The summed E-state index contributed by atoms with van der Waals surface area (Å²) in [6.45, 7) is 7.35. The Labute approximate surface area is 247 Å². The minimum absolute atomic E-state index is 0.000914. The number of carbonyl (C=O) groups excluding carboxylic acids is 2. The molecule has 1 N–H and O–H groups in total. The first-order valence-corrected chi connectivity index (χ1v) is 15.3. The number of aryl methyl sites for hydroxylation is 2. The molecule has 3 aromatic rings. The van der Waals surface area contributed by atoms with Crippen molar-refractivity contribution in [2.75, 3.05) is 17.4 Å². The van der Waals surface area contributed by atoms with Gasteiger partial charge in [-0.3, -0.25) is 13.9 Å². The molecule has 0 aliphatic heterocycles. The lowest BCUT2D eigenvalue weighted by Crippen LogP contribution is -2.52. The van der Waals surface area contributed by atoms with E-state index in [9.17, 15) is 18.0 Å². The maximum absolute atomic E-state index is 14.1. The van der Waals surface area contributed by atoms with E-state index in [4.69, 9.17) is 23.2 Å². The summed E-state index contributed by atoms with van der Waals surface area (Å²) in [5.41, 5.74) is 2.56. The molecule has 0 aromatic heterocycles. The molecule has 3 aromatic carbocycles. The van der Waals surface area contributed by atoms with Crippen molar-refractivity contribution >= 4 is 50.7 Å². The second-order valence-corrected chi connectivity index (χ2v) is 12.3. The average molecular weight is 605 g/mol. The molecule has 0 bridgehead atoms. The van der Waals surface area contributed by atoms with Crippen molar-refractivity contribution in [3.63, 3.8) is 0 Å². The van der Waals surface area contributed by atoms with E-state index >= 15 is 0 Å². The van der Waals surface area contributed by atoms with E-state index in [2.05, 4.69) is 5.32 Å². The lowest BCUT2D eigenvalue weighted by atomic mass is 10.1. The molecule has 0 radical (unpaired) electrons. The fourth-order valence-corrected chi connectivity index (χ4v) is 6.26. The molecule has 7 nitrogen and oxygen atoms in total. The quantitative estimate of drug-likeness (QED) is 0.269. The average Bonchev–Trinajstić information content (AvgIpc) is 2.92. The van der Waals surface area contributed by atoms with Crippen molar-refractivity contribution in [1.29, 1.82) is 0 Å². The van der Waals surface area contributed by atoms with Crippen LogP contribution in [0.4, 0.5) is 5.69 Å². The van der Waals surface area contributed by atoms with Crippen LogP contribution in [0, 0.1) is 13.8 Å². The van der Waals surface area contributed by atoms with Crippen molar-refractivity contribution < 1.29 is 18.0 Å². The van der Waals surface area contributed by atoms with Gasteiger partial charge in [0.05, 0.1) is 10.6 Å². The topological polar surface area (TPSA) is 86.8 Å². The van der Waals surface area contributed by atoms with Crippen LogP contribution >= 0.6 is 23.2 Å². The molecule has 214 valence electrons. The number of hydrogen-bond acceptors (Lipinski definition) is 4. The van der Waals surface area contributed by atoms with Crippen LogP contribution in [0.5, 0.6) is 0 Å². The Morgan fingerprint density at radius 1 is 0.950 bits per heavy atom. The van der Waals surface area contributed by atoms with Crippen molar-refractivity contribution in [3.05, 3.63) is 93.5 Å². The third-order valence-corrected chi connectivity index (χ3v) is 8.92. The minimum Gasteiger partial charge on any atom is -0.354 e. The molecule has 0 heterocycles. The Morgan fingerprint density at radius 3 is 2.23 bits per heavy atom. The Balaban J connectivity index is 2.08. The summed E-state index contributed by atoms with van der Waals surface area (Å²) in [7, 11) is -4.13. The monoisotopic (exact) mass is 603 g/mol. The molecule has 0 unspecified atom stereocenters. The number of nitrogens with zero attached hydrogens (tertiary/aromatic N) is 2. The van der Waals surface area contributed by atoms with Gasteiger partial charge in [0.15, 0.2) is 0 Å². The summed E-state index contributed by atoms with van der Waals surface area (Å²) in [6.07, 6.45) is 1.05. The van der Waals surface area contributed by atoms with Gasteiger partial charge >= 0.3 is 0 Å². The van der Waals surface area contributed by atoms with E-state index in [0.29, 0.717) is 39.8 Å². The van der Waals surface area contributed by atoms with Gasteiger partial charge in [-0.05, 0) is 68.1 Å². The number of hydrogen-bond donors (Lipinski definition) is 1. The SMILES string of the molecule is CCCNC(=O)[C@@H](CC)N(Cc1ccc(Cl)cc1Cl)C(=O)CN(c1ccccc1C)S(=O)(=O)c1ccc(C)cc1. The van der Waals surface area contributed by atoms with Gasteiger partial charge in [0.25, 0.3) is 10.0 Å². The molecular formula is C30H35Cl2N3O4S. The smallest absolute Gasteiger partial charge is 0.264 e. The summed E-state index contributed by atoms with van der Waals surface area (Å²) in [5.74, 6) is -0.852. The number of anilines is 1. The van der Waals surface area contributed by atoms with Gasteiger partial charge in [0, 0.05) is 23.1 Å². The van der Waals surface area contributed by atoms with Crippen LogP contribution in [0.2, 0.25) is 10.0 Å². The Kier molecular flexibility index (Phi) is 11.0. The normalized spacial score (nSPS) is 12.1. The molecular weight excluding hydrogens is 569 g/mol. The maximum atomic E-state index is 14.1. The van der Waals surface area contributed by atoms with Crippen LogP contribution in [-0.4, -0.2) is 44.3 Å². The summed E-state index contributed by atoms with van der Waals surface area (Å²) < 4.78 is 29.0. The van der Waals surface area contributed by atoms with Gasteiger partial charge in [-0.2, -0.15) is 0 Å². The van der Waals surface area contributed by atoms with Gasteiger partial charge in [-0.1, -0.05) is 79.0 Å². The highest BCUT2D eigenvalue weighted by Crippen LogP contribution is 2.28. The summed E-state index contributed by atoms with van der Waals surface area (Å²) >= 11 is 12.5. The van der Waals surface area contributed by atoms with Gasteiger partial charge in [0.2, 0.25) is 11.8 Å².